The third-order valence-corrected chi connectivity index (χ3v) is 5.24. The number of hydrogen-bond donors (Lipinski definition) is 1. The molecule has 2 aromatic heterocycles. The molecule has 12 heteroatoms. The highest BCUT2D eigenvalue weighted by Gasteiger charge is 2.38. The zero-order chi connectivity index (χ0) is 21.8. The van der Waals surface area contributed by atoms with Crippen LogP contribution in [0.15, 0.2) is 12.4 Å². The molecule has 0 aliphatic carbocycles. The van der Waals surface area contributed by atoms with Gasteiger partial charge in [0.05, 0.1) is 11.9 Å². The molecule has 8 nitrogen and oxygen atoms in total. The third kappa shape index (κ3) is 6.53. The van der Waals surface area contributed by atoms with Crippen LogP contribution in [0, 0.1) is 0 Å². The highest BCUT2D eigenvalue weighted by Crippen LogP contribution is 2.24. The SMILES string of the molecule is CN(C)C(=O)c1nc2c(s1)CCN(Cc1cnn(C)c1)CC2.O=C(O)C(F)(F)F. The van der Waals surface area contributed by atoms with Gasteiger partial charge in [-0.1, -0.05) is 0 Å². The predicted octanol–water partition coefficient (Wildman–Crippen LogP) is 1.81. The number of carbonyl (C=O) groups is 2. The van der Waals surface area contributed by atoms with Crippen molar-refractivity contribution in [1.29, 1.82) is 0 Å². The molecule has 0 atom stereocenters. The molecule has 1 amide bonds. The fourth-order valence-electron chi connectivity index (χ4n) is 2.66. The molecule has 1 aliphatic heterocycles. The lowest BCUT2D eigenvalue weighted by molar-refractivity contribution is -0.192. The zero-order valence-electron chi connectivity index (χ0n) is 16.2. The molecule has 3 rings (SSSR count). The Kier molecular flexibility index (Phi) is 7.36. The summed E-state index contributed by atoms with van der Waals surface area (Å²) in [6.45, 7) is 2.90. The van der Waals surface area contributed by atoms with E-state index in [1.165, 1.54) is 10.4 Å². The predicted molar refractivity (Wildman–Crippen MR) is 99.7 cm³/mol. The number of rotatable bonds is 3. The Morgan fingerprint density at radius 2 is 1.90 bits per heavy atom. The van der Waals surface area contributed by atoms with E-state index in [9.17, 15) is 18.0 Å². The smallest absolute Gasteiger partial charge is 0.475 e. The van der Waals surface area contributed by atoms with Crippen molar-refractivity contribution >= 4 is 23.2 Å². The van der Waals surface area contributed by atoms with Crippen LogP contribution < -0.4 is 0 Å². The molecule has 0 saturated heterocycles. The van der Waals surface area contributed by atoms with Crippen LogP contribution in [0.3, 0.4) is 0 Å². The van der Waals surface area contributed by atoms with Crippen molar-refractivity contribution in [2.24, 2.45) is 7.05 Å². The van der Waals surface area contributed by atoms with Crippen LogP contribution in [-0.2, 0) is 31.2 Å². The number of nitrogens with zero attached hydrogens (tertiary/aromatic N) is 5. The first-order valence-electron chi connectivity index (χ1n) is 8.67. The zero-order valence-corrected chi connectivity index (χ0v) is 17.0. The first kappa shape index (κ1) is 22.8. The molecule has 0 unspecified atom stereocenters. The molecule has 2 aromatic rings. The van der Waals surface area contributed by atoms with E-state index in [2.05, 4.69) is 21.2 Å². The number of halogens is 3. The number of carboxylic acid groups (broad SMARTS) is 1. The number of thiazole rings is 1. The first-order valence-corrected chi connectivity index (χ1v) is 9.49. The van der Waals surface area contributed by atoms with Gasteiger partial charge in [0.25, 0.3) is 5.91 Å². The molecule has 1 N–H and O–H groups in total. The first-order chi connectivity index (χ1) is 13.5. The second-order valence-electron chi connectivity index (χ2n) is 6.69. The van der Waals surface area contributed by atoms with Gasteiger partial charge in [-0.2, -0.15) is 18.3 Å². The second-order valence-corrected chi connectivity index (χ2v) is 7.77. The van der Waals surface area contributed by atoms with Gasteiger partial charge in [0.2, 0.25) is 0 Å². The van der Waals surface area contributed by atoms with Crippen molar-refractivity contribution in [2.75, 3.05) is 27.2 Å². The average Bonchev–Trinajstić information content (AvgIpc) is 3.17. The summed E-state index contributed by atoms with van der Waals surface area (Å²) in [4.78, 5) is 30.8. The van der Waals surface area contributed by atoms with Crippen LogP contribution in [-0.4, -0.2) is 74.9 Å². The Hall–Kier alpha value is -2.47. The third-order valence-electron chi connectivity index (χ3n) is 4.09. The molecule has 0 spiro atoms. The van der Waals surface area contributed by atoms with Gasteiger partial charge in [-0.3, -0.25) is 14.4 Å². The maximum atomic E-state index is 12.0. The van der Waals surface area contributed by atoms with Crippen LogP contribution in [0.2, 0.25) is 0 Å². The van der Waals surface area contributed by atoms with Gasteiger partial charge in [0.1, 0.15) is 0 Å². The van der Waals surface area contributed by atoms with Crippen LogP contribution in [0.5, 0.6) is 0 Å². The molecule has 0 bridgehead atoms. The lowest BCUT2D eigenvalue weighted by Gasteiger charge is -2.18. The minimum atomic E-state index is -5.08. The van der Waals surface area contributed by atoms with E-state index in [1.807, 2.05) is 17.9 Å². The van der Waals surface area contributed by atoms with E-state index < -0.39 is 12.1 Å². The van der Waals surface area contributed by atoms with Crippen molar-refractivity contribution in [2.45, 2.75) is 25.6 Å². The molecule has 0 fully saturated rings. The summed E-state index contributed by atoms with van der Waals surface area (Å²) in [5, 5.41) is 12.0. The number of carbonyl (C=O) groups excluding carboxylic acids is 1. The maximum absolute atomic E-state index is 12.0. The molecule has 29 heavy (non-hydrogen) atoms. The monoisotopic (exact) mass is 433 g/mol. The highest BCUT2D eigenvalue weighted by molar-refractivity contribution is 7.13. The number of aromatic nitrogens is 3. The van der Waals surface area contributed by atoms with Gasteiger partial charge in [0, 0.05) is 63.8 Å². The van der Waals surface area contributed by atoms with Crippen molar-refractivity contribution in [3.05, 3.63) is 33.5 Å². The number of aryl methyl sites for hydroxylation is 1. The molecule has 1 aliphatic rings. The fraction of sp³-hybridized carbons (Fsp3) is 0.529. The standard InChI is InChI=1S/C15H21N5OS.C2HF3O2/c1-18(2)15(21)14-17-12-4-6-20(7-5-13(12)22-14)10-11-8-16-19(3)9-11;3-2(4,5)1(6)7/h8-9H,4-7,10H2,1-3H3;(H,6,7). The summed E-state index contributed by atoms with van der Waals surface area (Å²) in [6, 6.07) is 0. The molecule has 0 radical (unpaired) electrons. The Morgan fingerprint density at radius 3 is 2.41 bits per heavy atom. The van der Waals surface area contributed by atoms with Gasteiger partial charge in [0.15, 0.2) is 5.01 Å². The van der Waals surface area contributed by atoms with Crippen LogP contribution in [0.25, 0.3) is 0 Å². The number of amides is 1. The number of aliphatic carboxylic acids is 1. The average molecular weight is 433 g/mol. The highest BCUT2D eigenvalue weighted by atomic mass is 32.1. The molecular formula is C17H22F3N5O3S. The molecule has 160 valence electrons. The van der Waals surface area contributed by atoms with E-state index in [0.717, 1.165) is 38.2 Å². The fourth-order valence-corrected chi connectivity index (χ4v) is 3.78. The Balaban J connectivity index is 0.000000370. The summed E-state index contributed by atoms with van der Waals surface area (Å²) < 4.78 is 33.6. The van der Waals surface area contributed by atoms with Gasteiger partial charge < -0.3 is 10.0 Å². The Labute approximate surface area is 169 Å². The second kappa shape index (κ2) is 9.35. The van der Waals surface area contributed by atoms with Crippen LogP contribution in [0.4, 0.5) is 13.2 Å². The van der Waals surface area contributed by atoms with Crippen molar-refractivity contribution < 1.29 is 27.9 Å². The van der Waals surface area contributed by atoms with E-state index in [4.69, 9.17) is 9.90 Å². The lowest BCUT2D eigenvalue weighted by Crippen LogP contribution is -2.26. The van der Waals surface area contributed by atoms with Gasteiger partial charge >= 0.3 is 12.1 Å². The quantitative estimate of drug-likeness (QED) is 0.794. The van der Waals surface area contributed by atoms with Crippen molar-refractivity contribution in [3.63, 3.8) is 0 Å². The topological polar surface area (TPSA) is 91.6 Å². The van der Waals surface area contributed by atoms with Crippen LogP contribution in [0.1, 0.15) is 25.9 Å². The van der Waals surface area contributed by atoms with Gasteiger partial charge in [-0.25, -0.2) is 9.78 Å². The minimum Gasteiger partial charge on any atom is -0.475 e. The van der Waals surface area contributed by atoms with Gasteiger partial charge in [-0.15, -0.1) is 11.3 Å². The number of hydrogen-bond acceptors (Lipinski definition) is 6. The normalized spacial score (nSPS) is 14.4. The largest absolute Gasteiger partial charge is 0.490 e. The van der Waals surface area contributed by atoms with E-state index >= 15 is 0 Å². The Morgan fingerprint density at radius 1 is 1.28 bits per heavy atom. The Bertz CT molecular complexity index is 837. The summed E-state index contributed by atoms with van der Waals surface area (Å²) in [5.74, 6) is -2.75. The summed E-state index contributed by atoms with van der Waals surface area (Å²) >= 11 is 1.55. The van der Waals surface area contributed by atoms with E-state index in [1.54, 1.807) is 30.3 Å². The van der Waals surface area contributed by atoms with Crippen molar-refractivity contribution in [3.8, 4) is 0 Å². The number of alkyl halides is 3. The van der Waals surface area contributed by atoms with Crippen LogP contribution >= 0.6 is 11.3 Å². The van der Waals surface area contributed by atoms with E-state index in [-0.39, 0.29) is 5.91 Å². The summed E-state index contributed by atoms with van der Waals surface area (Å²) in [6.07, 6.45) is 0.778. The summed E-state index contributed by atoms with van der Waals surface area (Å²) in [5.41, 5.74) is 2.34. The van der Waals surface area contributed by atoms with Crippen molar-refractivity contribution in [1.82, 2.24) is 24.6 Å². The van der Waals surface area contributed by atoms with E-state index in [0.29, 0.717) is 5.01 Å². The summed E-state index contributed by atoms with van der Waals surface area (Å²) in [7, 11) is 5.48. The number of carboxylic acids is 1. The van der Waals surface area contributed by atoms with Gasteiger partial charge in [-0.05, 0) is 6.42 Å². The maximum Gasteiger partial charge on any atom is 0.490 e. The number of fused-ring (bicyclic) bond motifs is 1. The molecular weight excluding hydrogens is 411 g/mol. The molecule has 0 aromatic carbocycles. The minimum absolute atomic E-state index is 0.00490. The lowest BCUT2D eigenvalue weighted by atomic mass is 10.2. The molecule has 3 heterocycles. The molecule has 0 saturated carbocycles.